The molecule has 0 aliphatic carbocycles. The molecule has 3 heterocycles. The summed E-state index contributed by atoms with van der Waals surface area (Å²) in [4.78, 5) is 0. The molecule has 0 radical (unpaired) electrons. The first kappa shape index (κ1) is 23.2. The number of benzene rings is 7. The second kappa shape index (κ2) is 8.57. The summed E-state index contributed by atoms with van der Waals surface area (Å²) in [5, 5.41) is 10.7. The molecule has 0 aliphatic heterocycles. The van der Waals surface area contributed by atoms with Gasteiger partial charge in [0.25, 0.3) is 0 Å². The van der Waals surface area contributed by atoms with E-state index >= 15 is 0 Å². The van der Waals surface area contributed by atoms with Gasteiger partial charge in [-0.1, -0.05) is 91.0 Å². The van der Waals surface area contributed by atoms with E-state index in [4.69, 9.17) is 8.83 Å². The summed E-state index contributed by atoms with van der Waals surface area (Å²) < 4.78 is 15.0. The van der Waals surface area contributed by atoms with E-state index in [-0.39, 0.29) is 0 Å². The molecule has 0 aliphatic rings. The maximum absolute atomic E-state index is 6.67. The Morgan fingerprint density at radius 3 is 1.91 bits per heavy atom. The molecule has 0 amide bonds. The maximum Gasteiger partial charge on any atom is 0.143 e. The van der Waals surface area contributed by atoms with Crippen LogP contribution in [0.5, 0.6) is 0 Å². The highest BCUT2D eigenvalue weighted by atomic mass is 32.1. The summed E-state index contributed by atoms with van der Waals surface area (Å²) in [6, 6.07) is 46.0. The lowest BCUT2D eigenvalue weighted by Gasteiger charge is -2.18. The predicted molar refractivity (Wildman–Crippen MR) is 182 cm³/mol. The lowest BCUT2D eigenvalue weighted by atomic mass is 9.85. The van der Waals surface area contributed by atoms with Gasteiger partial charge in [-0.2, -0.15) is 0 Å². The van der Waals surface area contributed by atoms with Crippen LogP contribution in [0.3, 0.4) is 0 Å². The fourth-order valence-electron chi connectivity index (χ4n) is 7.06. The Morgan fingerprint density at radius 1 is 0.442 bits per heavy atom. The summed E-state index contributed by atoms with van der Waals surface area (Å²) in [5.74, 6) is 0. The van der Waals surface area contributed by atoms with E-state index in [1.54, 1.807) is 6.26 Å². The molecule has 0 atom stereocenters. The van der Waals surface area contributed by atoms with E-state index in [1.165, 1.54) is 58.4 Å². The highest BCUT2D eigenvalue weighted by molar-refractivity contribution is 7.25. The third kappa shape index (κ3) is 3.23. The summed E-state index contributed by atoms with van der Waals surface area (Å²) >= 11 is 1.86. The van der Waals surface area contributed by atoms with Crippen molar-refractivity contribution >= 4 is 86.0 Å². The van der Waals surface area contributed by atoms with Crippen molar-refractivity contribution in [3.05, 3.63) is 134 Å². The van der Waals surface area contributed by atoms with Crippen LogP contribution in [0.4, 0.5) is 0 Å². The normalized spacial score (nSPS) is 12.2. The Labute approximate surface area is 250 Å². The molecular formula is C40H22O2S. The van der Waals surface area contributed by atoms with E-state index in [2.05, 4.69) is 121 Å². The largest absolute Gasteiger partial charge is 0.464 e. The van der Waals surface area contributed by atoms with Crippen molar-refractivity contribution in [3.63, 3.8) is 0 Å². The second-order valence-electron chi connectivity index (χ2n) is 11.2. The molecule has 10 aromatic rings. The molecule has 0 saturated carbocycles. The van der Waals surface area contributed by atoms with Gasteiger partial charge >= 0.3 is 0 Å². The van der Waals surface area contributed by atoms with Gasteiger partial charge in [0.2, 0.25) is 0 Å². The van der Waals surface area contributed by atoms with Gasteiger partial charge in [0.05, 0.1) is 6.26 Å². The lowest BCUT2D eigenvalue weighted by molar-refractivity contribution is 0.616. The van der Waals surface area contributed by atoms with E-state index < -0.39 is 0 Å². The van der Waals surface area contributed by atoms with Gasteiger partial charge in [-0.3, -0.25) is 0 Å². The van der Waals surface area contributed by atoms with Crippen LogP contribution < -0.4 is 0 Å². The number of furan rings is 2. The quantitative estimate of drug-likeness (QED) is 0.195. The molecule has 2 nitrogen and oxygen atoms in total. The van der Waals surface area contributed by atoms with Crippen LogP contribution in [0.15, 0.2) is 142 Å². The number of thiophene rings is 1. The van der Waals surface area contributed by atoms with Crippen molar-refractivity contribution in [2.45, 2.75) is 0 Å². The molecular weight excluding hydrogens is 545 g/mol. The van der Waals surface area contributed by atoms with Crippen molar-refractivity contribution in [2.24, 2.45) is 0 Å². The number of hydrogen-bond donors (Lipinski definition) is 0. The molecule has 200 valence electrons. The zero-order chi connectivity index (χ0) is 28.1. The molecule has 0 spiro atoms. The first-order valence-corrected chi connectivity index (χ1v) is 15.3. The van der Waals surface area contributed by atoms with Gasteiger partial charge in [0.15, 0.2) is 0 Å². The van der Waals surface area contributed by atoms with E-state index in [0.29, 0.717) is 0 Å². The summed E-state index contributed by atoms with van der Waals surface area (Å²) in [5.41, 5.74) is 7.45. The fraction of sp³-hybridized carbons (Fsp3) is 0. The molecule has 0 N–H and O–H groups in total. The minimum Gasteiger partial charge on any atom is -0.464 e. The molecule has 0 fully saturated rings. The van der Waals surface area contributed by atoms with E-state index in [0.717, 1.165) is 38.5 Å². The number of para-hydroxylation sites is 1. The van der Waals surface area contributed by atoms with E-state index in [9.17, 15) is 0 Å². The molecule has 43 heavy (non-hydrogen) atoms. The zero-order valence-corrected chi connectivity index (χ0v) is 23.7. The Balaban J connectivity index is 1.32. The molecule has 0 unspecified atom stereocenters. The van der Waals surface area contributed by atoms with Crippen LogP contribution in [0.1, 0.15) is 0 Å². The van der Waals surface area contributed by atoms with Gasteiger partial charge in [-0.15, -0.1) is 11.3 Å². The standard InChI is InChI=1S/C40H22O2S/c1-3-11-28-26(9-1)38(24-16-17-37-33(20-24)25-8-5-6-15-36(25)43-37)27-10-2-4-12-29(27)39(28)31-14-7-13-30-32-22-34-23(18-19-41-34)21-35(32)42-40(30)31/h1-22H. The molecule has 0 bridgehead atoms. The van der Waals surface area contributed by atoms with Gasteiger partial charge < -0.3 is 8.83 Å². The molecule has 3 heteroatoms. The third-order valence-corrected chi connectivity index (χ3v) is 10.1. The minimum absolute atomic E-state index is 0.872. The maximum atomic E-state index is 6.67. The smallest absolute Gasteiger partial charge is 0.143 e. The summed E-state index contributed by atoms with van der Waals surface area (Å²) in [6.07, 6.45) is 1.73. The van der Waals surface area contributed by atoms with Crippen molar-refractivity contribution in [1.29, 1.82) is 0 Å². The molecule has 7 aromatic carbocycles. The predicted octanol–water partition coefficient (Wildman–Crippen LogP) is 12.3. The van der Waals surface area contributed by atoms with Crippen LogP contribution in [0.25, 0.3) is 96.9 Å². The SMILES string of the molecule is c1ccc2c(c1)sc1ccc(-c3c4ccccc4c(-c4cccc5c4oc4cc6ccoc6cc45)c4ccccc34)cc12. The van der Waals surface area contributed by atoms with Gasteiger partial charge in [-0.25, -0.2) is 0 Å². The van der Waals surface area contributed by atoms with E-state index in [1.807, 2.05) is 17.4 Å². The average molecular weight is 567 g/mol. The Morgan fingerprint density at radius 2 is 1.12 bits per heavy atom. The van der Waals surface area contributed by atoms with Gasteiger partial charge in [-0.05, 0) is 69.1 Å². The minimum atomic E-state index is 0.872. The summed E-state index contributed by atoms with van der Waals surface area (Å²) in [6.45, 7) is 0. The number of hydrogen-bond acceptors (Lipinski definition) is 3. The average Bonchev–Trinajstić information content (AvgIpc) is 3.77. The third-order valence-electron chi connectivity index (χ3n) is 8.94. The molecule has 3 aromatic heterocycles. The Kier molecular flexibility index (Phi) is 4.63. The van der Waals surface area contributed by atoms with Crippen molar-refractivity contribution in [2.75, 3.05) is 0 Å². The fourth-order valence-corrected chi connectivity index (χ4v) is 8.15. The lowest BCUT2D eigenvalue weighted by Crippen LogP contribution is -1.91. The van der Waals surface area contributed by atoms with Crippen LogP contribution in [0, 0.1) is 0 Å². The van der Waals surface area contributed by atoms with Crippen molar-refractivity contribution < 1.29 is 8.83 Å². The van der Waals surface area contributed by atoms with Crippen molar-refractivity contribution in [3.8, 4) is 22.3 Å². The van der Waals surface area contributed by atoms with Gasteiger partial charge in [0, 0.05) is 47.5 Å². The summed E-state index contributed by atoms with van der Waals surface area (Å²) in [7, 11) is 0. The number of rotatable bonds is 2. The Bertz CT molecular complexity index is 2680. The first-order valence-electron chi connectivity index (χ1n) is 14.5. The zero-order valence-electron chi connectivity index (χ0n) is 22.9. The van der Waals surface area contributed by atoms with Crippen LogP contribution in [-0.2, 0) is 0 Å². The Hall–Kier alpha value is -5.38. The molecule has 0 saturated heterocycles. The van der Waals surface area contributed by atoms with Crippen LogP contribution in [0.2, 0.25) is 0 Å². The van der Waals surface area contributed by atoms with Crippen LogP contribution in [-0.4, -0.2) is 0 Å². The number of fused-ring (bicyclic) bond motifs is 9. The van der Waals surface area contributed by atoms with Crippen LogP contribution >= 0.6 is 11.3 Å². The monoisotopic (exact) mass is 566 g/mol. The molecule has 10 rings (SSSR count). The highest BCUT2D eigenvalue weighted by Gasteiger charge is 2.21. The second-order valence-corrected chi connectivity index (χ2v) is 12.3. The first-order chi connectivity index (χ1) is 21.3. The van der Waals surface area contributed by atoms with Crippen molar-refractivity contribution in [1.82, 2.24) is 0 Å². The topological polar surface area (TPSA) is 26.3 Å². The van der Waals surface area contributed by atoms with Gasteiger partial charge in [0.1, 0.15) is 16.7 Å². The highest BCUT2D eigenvalue weighted by Crippen LogP contribution is 2.47.